The Morgan fingerprint density at radius 3 is 2.59 bits per heavy atom. The lowest BCUT2D eigenvalue weighted by Gasteiger charge is -2.46. The number of methoxy groups -OCH3 is 2. The van der Waals surface area contributed by atoms with Crippen molar-refractivity contribution in [3.63, 3.8) is 0 Å². The second-order valence-corrected chi connectivity index (χ2v) is 8.80. The first-order valence-corrected chi connectivity index (χ1v) is 11.0. The molecule has 0 saturated carbocycles. The van der Waals surface area contributed by atoms with Gasteiger partial charge in [0.2, 0.25) is 3.79 Å². The van der Waals surface area contributed by atoms with Gasteiger partial charge in [-0.3, -0.25) is 9.59 Å². The third-order valence-corrected chi connectivity index (χ3v) is 6.23. The third kappa shape index (κ3) is 4.60. The number of rotatable bonds is 8. The van der Waals surface area contributed by atoms with E-state index in [2.05, 4.69) is 24.8 Å². The van der Waals surface area contributed by atoms with E-state index in [1.54, 1.807) is 43.0 Å². The number of hydrogen-bond donors (Lipinski definition) is 0. The fourth-order valence-electron chi connectivity index (χ4n) is 4.13. The van der Waals surface area contributed by atoms with Gasteiger partial charge < -0.3 is 19.1 Å². The summed E-state index contributed by atoms with van der Waals surface area (Å²) >= 11 is 1.70. The molecular weight excluding hydrogens is 485 g/mol. The highest BCUT2D eigenvalue weighted by molar-refractivity contribution is 14.1. The Morgan fingerprint density at radius 2 is 1.97 bits per heavy atom. The topological polar surface area (TPSA) is 65.1 Å². The maximum atomic E-state index is 12.6. The molecule has 0 bridgehead atoms. The molecule has 0 spiro atoms. The number of ketones is 1. The van der Waals surface area contributed by atoms with Gasteiger partial charge in [-0.15, -0.1) is 0 Å². The van der Waals surface area contributed by atoms with Crippen LogP contribution in [0.15, 0.2) is 23.9 Å². The van der Waals surface area contributed by atoms with Gasteiger partial charge in [-0.1, -0.05) is 13.8 Å². The largest absolute Gasteiger partial charge is 0.493 e. The number of benzene rings is 1. The summed E-state index contributed by atoms with van der Waals surface area (Å²) in [7, 11) is 3.30. The molecule has 2 aliphatic rings. The van der Waals surface area contributed by atoms with E-state index in [0.29, 0.717) is 36.9 Å². The number of Topliss-reactive ketones (excluding diaryl/α,β-unsaturated/α-hetero) is 1. The average molecular weight is 513 g/mol. The molecule has 3 rings (SSSR count). The van der Waals surface area contributed by atoms with Crippen LogP contribution in [0.4, 0.5) is 0 Å². The lowest BCUT2D eigenvalue weighted by molar-refractivity contribution is -0.120. The molecule has 6 nitrogen and oxygen atoms in total. The first-order valence-electron chi connectivity index (χ1n) is 9.92. The summed E-state index contributed by atoms with van der Waals surface area (Å²) in [6, 6.07) is 4.17. The zero-order chi connectivity index (χ0) is 21.1. The third-order valence-electron chi connectivity index (χ3n) is 5.65. The van der Waals surface area contributed by atoms with Gasteiger partial charge in [0.1, 0.15) is 0 Å². The summed E-state index contributed by atoms with van der Waals surface area (Å²) in [6.07, 6.45) is 3.71. The molecule has 7 heteroatoms. The molecule has 1 unspecified atom stereocenters. The Kier molecular flexibility index (Phi) is 7.21. The highest BCUT2D eigenvalue weighted by Crippen LogP contribution is 2.45. The standard InChI is InChI=1S/C22H28INO5/c1-13(2)17-8-14-9-21(29-7-5-6-27-3)20(28-4)10-15(14)18-11-19(25)16(22(23)26)12-24(17)18/h9-10,12-13,17-18H,5-8,11H2,1-4H3/t17-,18?/m0/s1. The Morgan fingerprint density at radius 1 is 1.21 bits per heavy atom. The Labute approximate surface area is 185 Å². The molecule has 0 fully saturated rings. The van der Waals surface area contributed by atoms with Crippen LogP contribution in [-0.4, -0.2) is 47.9 Å². The molecule has 0 radical (unpaired) electrons. The molecule has 1 aromatic rings. The minimum atomic E-state index is -0.197. The van der Waals surface area contributed by atoms with Crippen molar-refractivity contribution in [1.82, 2.24) is 4.90 Å². The SMILES string of the molecule is COCCCOc1cc2c(cc1OC)C1CC(=O)C(C(=O)I)=CN1[C@H](C(C)C)C2. The van der Waals surface area contributed by atoms with Crippen LogP contribution in [0.5, 0.6) is 11.5 Å². The number of fused-ring (bicyclic) bond motifs is 3. The van der Waals surface area contributed by atoms with Gasteiger partial charge in [-0.05, 0) is 35.6 Å². The second-order valence-electron chi connectivity index (χ2n) is 7.82. The van der Waals surface area contributed by atoms with E-state index in [9.17, 15) is 9.59 Å². The van der Waals surface area contributed by atoms with Crippen LogP contribution in [0.25, 0.3) is 0 Å². The summed E-state index contributed by atoms with van der Waals surface area (Å²) in [5.41, 5.74) is 2.55. The number of allylic oxidation sites excluding steroid dienone is 1. The van der Waals surface area contributed by atoms with Crippen molar-refractivity contribution < 1.29 is 23.8 Å². The molecule has 2 aliphatic heterocycles. The number of carbonyl (C=O) groups is 2. The van der Waals surface area contributed by atoms with Crippen LogP contribution >= 0.6 is 22.6 Å². The molecule has 0 N–H and O–H groups in total. The van der Waals surface area contributed by atoms with Crippen LogP contribution in [0.3, 0.4) is 0 Å². The lowest BCUT2D eigenvalue weighted by Crippen LogP contribution is -2.46. The number of halogens is 1. The van der Waals surface area contributed by atoms with E-state index in [-0.39, 0.29) is 21.7 Å². The van der Waals surface area contributed by atoms with Crippen molar-refractivity contribution in [3.8, 4) is 11.5 Å². The summed E-state index contributed by atoms with van der Waals surface area (Å²) < 4.78 is 16.4. The second kappa shape index (κ2) is 9.47. The first-order chi connectivity index (χ1) is 13.9. The van der Waals surface area contributed by atoms with E-state index in [0.717, 1.165) is 24.2 Å². The van der Waals surface area contributed by atoms with Crippen molar-refractivity contribution >= 4 is 32.2 Å². The first kappa shape index (κ1) is 22.1. The van der Waals surface area contributed by atoms with Gasteiger partial charge >= 0.3 is 0 Å². The number of ether oxygens (including phenoxy) is 3. The zero-order valence-corrected chi connectivity index (χ0v) is 19.5. The quantitative estimate of drug-likeness (QED) is 0.228. The van der Waals surface area contributed by atoms with Crippen LogP contribution in [-0.2, 0) is 20.7 Å². The number of carbonyl (C=O) groups excluding carboxylic acids is 2. The monoisotopic (exact) mass is 513 g/mol. The van der Waals surface area contributed by atoms with Crippen molar-refractivity contribution in [2.45, 2.75) is 45.2 Å². The van der Waals surface area contributed by atoms with Crippen LogP contribution < -0.4 is 9.47 Å². The van der Waals surface area contributed by atoms with Crippen molar-refractivity contribution in [1.29, 1.82) is 0 Å². The molecule has 2 atom stereocenters. The number of nitrogens with zero attached hydrogens (tertiary/aromatic N) is 1. The van der Waals surface area contributed by atoms with E-state index in [4.69, 9.17) is 14.2 Å². The predicted octanol–water partition coefficient (Wildman–Crippen LogP) is 3.85. The van der Waals surface area contributed by atoms with Crippen LogP contribution in [0.1, 0.15) is 43.9 Å². The lowest BCUT2D eigenvalue weighted by atomic mass is 9.80. The van der Waals surface area contributed by atoms with Gasteiger partial charge in [0.15, 0.2) is 17.3 Å². The van der Waals surface area contributed by atoms with Gasteiger partial charge in [-0.2, -0.15) is 0 Å². The fraction of sp³-hybridized carbons (Fsp3) is 0.545. The van der Waals surface area contributed by atoms with Gasteiger partial charge in [0, 0.05) is 61.4 Å². The molecule has 0 aromatic heterocycles. The Balaban J connectivity index is 1.99. The van der Waals surface area contributed by atoms with Crippen molar-refractivity contribution in [2.24, 2.45) is 5.92 Å². The van der Waals surface area contributed by atoms with E-state index >= 15 is 0 Å². The van der Waals surface area contributed by atoms with Crippen LogP contribution in [0.2, 0.25) is 0 Å². The molecule has 0 aliphatic carbocycles. The summed E-state index contributed by atoms with van der Waals surface area (Å²) in [5.74, 6) is 1.66. The molecular formula is C22H28INO5. The number of hydrogen-bond acceptors (Lipinski definition) is 6. The summed E-state index contributed by atoms with van der Waals surface area (Å²) in [4.78, 5) is 26.7. The van der Waals surface area contributed by atoms with E-state index in [1.807, 2.05) is 6.07 Å². The molecule has 0 amide bonds. The maximum Gasteiger partial charge on any atom is 0.227 e. The average Bonchev–Trinajstić information content (AvgIpc) is 2.69. The minimum absolute atomic E-state index is 0.0883. The molecule has 1 aromatic carbocycles. The molecule has 0 saturated heterocycles. The molecule has 29 heavy (non-hydrogen) atoms. The Hall–Kier alpha value is -1.61. The highest BCUT2D eigenvalue weighted by atomic mass is 127. The fourth-order valence-corrected chi connectivity index (χ4v) is 4.57. The summed E-state index contributed by atoms with van der Waals surface area (Å²) in [6.45, 7) is 5.54. The van der Waals surface area contributed by atoms with Gasteiger partial charge in [-0.25, -0.2) is 0 Å². The summed E-state index contributed by atoms with van der Waals surface area (Å²) in [5, 5.41) is 0. The highest BCUT2D eigenvalue weighted by Gasteiger charge is 2.40. The molecule has 158 valence electrons. The van der Waals surface area contributed by atoms with Gasteiger partial charge in [0.25, 0.3) is 0 Å². The maximum absolute atomic E-state index is 12.6. The van der Waals surface area contributed by atoms with Crippen molar-refractivity contribution in [2.75, 3.05) is 27.4 Å². The zero-order valence-electron chi connectivity index (χ0n) is 17.4. The normalized spacial score (nSPS) is 20.8. The smallest absolute Gasteiger partial charge is 0.227 e. The molecule has 2 heterocycles. The van der Waals surface area contributed by atoms with Gasteiger partial charge in [0.05, 0.1) is 25.3 Å². The predicted molar refractivity (Wildman–Crippen MR) is 119 cm³/mol. The Bertz CT molecular complexity index is 820. The van der Waals surface area contributed by atoms with Crippen LogP contribution in [0, 0.1) is 5.92 Å². The van der Waals surface area contributed by atoms with E-state index < -0.39 is 0 Å². The van der Waals surface area contributed by atoms with E-state index in [1.165, 1.54) is 5.56 Å². The minimum Gasteiger partial charge on any atom is -0.493 e. The van der Waals surface area contributed by atoms with Crippen molar-refractivity contribution in [3.05, 3.63) is 35.0 Å².